The van der Waals surface area contributed by atoms with Gasteiger partial charge in [0.2, 0.25) is 17.7 Å². The molecule has 5 amide bonds. The Kier molecular flexibility index (Phi) is 13.2. The summed E-state index contributed by atoms with van der Waals surface area (Å²) in [7, 11) is 0. The SMILES string of the molecule is Cc1cccc(/C=N/Nc2cc(N3CCOCC3)nc(OCCc3ccc(NC(=O)CCCCCOc4ccc5c(c4)C(=O)N(C4CCC(=O)NC4=O)C5=O)cc3)n2)c1. The van der Waals surface area contributed by atoms with E-state index in [1.807, 2.05) is 61.5 Å². The minimum atomic E-state index is -1.02. The summed E-state index contributed by atoms with van der Waals surface area (Å²) in [4.78, 5) is 74.7. The van der Waals surface area contributed by atoms with Crippen molar-refractivity contribution in [2.75, 3.05) is 55.2 Å². The van der Waals surface area contributed by atoms with Crippen LogP contribution in [0.15, 0.2) is 77.9 Å². The normalized spacial score (nSPS) is 16.6. The van der Waals surface area contributed by atoms with Crippen molar-refractivity contribution >= 4 is 53.1 Å². The van der Waals surface area contributed by atoms with Gasteiger partial charge in [0, 0.05) is 44.1 Å². The summed E-state index contributed by atoms with van der Waals surface area (Å²) in [6.45, 7) is 5.41. The first-order valence-corrected chi connectivity index (χ1v) is 19.8. The van der Waals surface area contributed by atoms with Gasteiger partial charge in [0.1, 0.15) is 17.6 Å². The van der Waals surface area contributed by atoms with Crippen molar-refractivity contribution in [1.29, 1.82) is 0 Å². The number of piperidine rings is 1. The highest BCUT2D eigenvalue weighted by Crippen LogP contribution is 2.30. The predicted molar refractivity (Wildman–Crippen MR) is 219 cm³/mol. The van der Waals surface area contributed by atoms with Crippen LogP contribution in [0.2, 0.25) is 0 Å². The number of hydrazone groups is 1. The van der Waals surface area contributed by atoms with Crippen LogP contribution in [0.25, 0.3) is 0 Å². The van der Waals surface area contributed by atoms with E-state index in [0.717, 1.165) is 33.8 Å². The number of imide groups is 2. The summed E-state index contributed by atoms with van der Waals surface area (Å²) >= 11 is 0. The first kappa shape index (κ1) is 40.5. The van der Waals surface area contributed by atoms with Gasteiger partial charge in [0.25, 0.3) is 11.8 Å². The molecule has 0 bridgehead atoms. The van der Waals surface area contributed by atoms with Crippen LogP contribution in [0.1, 0.15) is 75.9 Å². The van der Waals surface area contributed by atoms with Crippen LogP contribution in [0, 0.1) is 6.92 Å². The molecule has 306 valence electrons. The third-order valence-corrected chi connectivity index (χ3v) is 10.0. The van der Waals surface area contributed by atoms with Gasteiger partial charge in [0.15, 0.2) is 5.82 Å². The van der Waals surface area contributed by atoms with E-state index in [9.17, 15) is 24.0 Å². The monoisotopic (exact) mass is 802 g/mol. The molecule has 0 spiro atoms. The maximum absolute atomic E-state index is 13.1. The number of rotatable bonds is 17. The number of hydrogen-bond donors (Lipinski definition) is 3. The zero-order valence-corrected chi connectivity index (χ0v) is 32.8. The van der Waals surface area contributed by atoms with Crippen molar-refractivity contribution in [3.63, 3.8) is 0 Å². The highest BCUT2D eigenvalue weighted by atomic mass is 16.5. The van der Waals surface area contributed by atoms with Crippen molar-refractivity contribution in [2.45, 2.75) is 57.9 Å². The van der Waals surface area contributed by atoms with E-state index in [1.165, 1.54) is 12.1 Å². The molecule has 1 unspecified atom stereocenters. The molecule has 1 aromatic heterocycles. The van der Waals surface area contributed by atoms with Crippen LogP contribution in [-0.2, 0) is 25.5 Å². The number of carbonyl (C=O) groups is 5. The van der Waals surface area contributed by atoms with E-state index in [0.29, 0.717) is 82.5 Å². The fourth-order valence-corrected chi connectivity index (χ4v) is 6.95. The van der Waals surface area contributed by atoms with Crippen molar-refractivity contribution in [2.24, 2.45) is 5.10 Å². The molecule has 16 nitrogen and oxygen atoms in total. The highest BCUT2D eigenvalue weighted by molar-refractivity contribution is 6.23. The molecule has 2 saturated heterocycles. The Bertz CT molecular complexity index is 2220. The quantitative estimate of drug-likeness (QED) is 0.0579. The summed E-state index contributed by atoms with van der Waals surface area (Å²) in [6.07, 6.45) is 4.93. The first-order valence-electron chi connectivity index (χ1n) is 19.8. The van der Waals surface area contributed by atoms with E-state index in [-0.39, 0.29) is 35.9 Å². The molecule has 3 aliphatic rings. The summed E-state index contributed by atoms with van der Waals surface area (Å²) in [5, 5.41) is 9.51. The number of nitrogens with one attached hydrogen (secondary N) is 3. The number of amides is 5. The van der Waals surface area contributed by atoms with E-state index in [4.69, 9.17) is 14.2 Å². The lowest BCUT2D eigenvalue weighted by Crippen LogP contribution is -2.54. The Morgan fingerprint density at radius 2 is 1.73 bits per heavy atom. The zero-order valence-electron chi connectivity index (χ0n) is 32.8. The number of aryl methyl sites for hydroxylation is 1. The van der Waals surface area contributed by atoms with Gasteiger partial charge in [-0.15, -0.1) is 0 Å². The molecule has 4 aromatic rings. The number of benzene rings is 3. The van der Waals surface area contributed by atoms with Crippen molar-refractivity contribution in [3.05, 3.63) is 101 Å². The van der Waals surface area contributed by atoms with Gasteiger partial charge in [-0.25, -0.2) is 0 Å². The van der Waals surface area contributed by atoms with Crippen LogP contribution < -0.4 is 30.4 Å². The molecule has 2 fully saturated rings. The molecule has 4 heterocycles. The van der Waals surface area contributed by atoms with Gasteiger partial charge in [-0.05, 0) is 74.1 Å². The average Bonchev–Trinajstić information content (AvgIpc) is 3.48. The van der Waals surface area contributed by atoms with Crippen LogP contribution in [-0.4, -0.2) is 96.2 Å². The lowest BCUT2D eigenvalue weighted by atomic mass is 10.0. The van der Waals surface area contributed by atoms with Gasteiger partial charge < -0.3 is 24.4 Å². The zero-order chi connectivity index (χ0) is 41.1. The average molecular weight is 803 g/mol. The number of ether oxygens (including phenoxy) is 3. The van der Waals surface area contributed by atoms with Gasteiger partial charge >= 0.3 is 6.01 Å². The summed E-state index contributed by atoms with van der Waals surface area (Å²) in [5.41, 5.74) is 7.23. The summed E-state index contributed by atoms with van der Waals surface area (Å²) in [5.74, 6) is -0.635. The topological polar surface area (TPSA) is 194 Å². The minimum absolute atomic E-state index is 0.0567. The Hall–Kier alpha value is -6.68. The first-order chi connectivity index (χ1) is 28.7. The third kappa shape index (κ3) is 10.6. The molecule has 16 heteroatoms. The molecule has 1 atom stereocenters. The van der Waals surface area contributed by atoms with Crippen LogP contribution in [0.3, 0.4) is 0 Å². The lowest BCUT2D eigenvalue weighted by molar-refractivity contribution is -0.136. The molecule has 59 heavy (non-hydrogen) atoms. The number of anilines is 3. The van der Waals surface area contributed by atoms with Gasteiger partial charge in [0.05, 0.1) is 43.8 Å². The van der Waals surface area contributed by atoms with Crippen LogP contribution in [0.4, 0.5) is 17.3 Å². The van der Waals surface area contributed by atoms with E-state index < -0.39 is 29.7 Å². The van der Waals surface area contributed by atoms with Crippen molar-refractivity contribution < 1.29 is 38.2 Å². The Morgan fingerprint density at radius 1 is 0.915 bits per heavy atom. The minimum Gasteiger partial charge on any atom is -0.494 e. The van der Waals surface area contributed by atoms with Gasteiger partial charge in [-0.1, -0.05) is 42.0 Å². The number of hydrogen-bond acceptors (Lipinski definition) is 13. The molecular formula is C43H46N8O8. The fourth-order valence-electron chi connectivity index (χ4n) is 6.95. The van der Waals surface area contributed by atoms with Crippen LogP contribution in [0.5, 0.6) is 11.8 Å². The second-order valence-electron chi connectivity index (χ2n) is 14.4. The smallest absolute Gasteiger partial charge is 0.320 e. The molecule has 3 aliphatic heterocycles. The number of morpholine rings is 1. The maximum Gasteiger partial charge on any atom is 0.320 e. The predicted octanol–water partition coefficient (Wildman–Crippen LogP) is 4.67. The molecule has 0 saturated carbocycles. The molecular weight excluding hydrogens is 757 g/mol. The van der Waals surface area contributed by atoms with E-state index in [2.05, 4.69) is 36.0 Å². The van der Waals surface area contributed by atoms with Gasteiger partial charge in [-0.2, -0.15) is 15.1 Å². The standard InChI is InChI=1S/C43H46N8O8/c1-28-6-5-7-30(24-28)27-44-49-36-26-37(50-18-22-57-23-19-50)47-43(46-36)59-21-17-29-9-11-31(12-10-29)45-38(52)8-3-2-4-20-58-32-13-14-33-34(25-32)42(56)51(41(33)55)35-15-16-39(53)48-40(35)54/h5-7,9-14,24-27,35H,2-4,8,15-23H2,1H3,(H,45,52)(H,46,47,49)(H,48,53,54)/b44-27+. The number of unbranched alkanes of at least 4 members (excludes halogenated alkanes) is 2. The Balaban J connectivity index is 0.815. The van der Waals surface area contributed by atoms with Crippen molar-refractivity contribution in [3.8, 4) is 11.8 Å². The fraction of sp³-hybridized carbons (Fsp3) is 0.349. The Morgan fingerprint density at radius 3 is 2.53 bits per heavy atom. The molecule has 3 N–H and O–H groups in total. The lowest BCUT2D eigenvalue weighted by Gasteiger charge is -2.28. The number of carbonyl (C=O) groups excluding carboxylic acids is 5. The van der Waals surface area contributed by atoms with E-state index in [1.54, 1.807) is 12.3 Å². The molecule has 0 aliphatic carbocycles. The van der Waals surface area contributed by atoms with Gasteiger partial charge in [-0.3, -0.25) is 39.6 Å². The number of aromatic nitrogens is 2. The number of fused-ring (bicyclic) bond motifs is 1. The molecule has 7 rings (SSSR count). The highest BCUT2D eigenvalue weighted by Gasteiger charge is 2.44. The largest absolute Gasteiger partial charge is 0.494 e. The van der Waals surface area contributed by atoms with E-state index >= 15 is 0 Å². The van der Waals surface area contributed by atoms with Crippen molar-refractivity contribution in [1.82, 2.24) is 20.2 Å². The molecule has 0 radical (unpaired) electrons. The summed E-state index contributed by atoms with van der Waals surface area (Å²) < 4.78 is 17.4. The third-order valence-electron chi connectivity index (χ3n) is 10.0. The maximum atomic E-state index is 13.1. The Labute approximate surface area is 341 Å². The second kappa shape index (κ2) is 19.2. The summed E-state index contributed by atoms with van der Waals surface area (Å²) in [6, 6.07) is 21.4. The second-order valence-corrected chi connectivity index (χ2v) is 14.4. The molecule has 3 aromatic carbocycles. The van der Waals surface area contributed by atoms with Crippen LogP contribution >= 0.6 is 0 Å². The number of nitrogens with zero attached hydrogens (tertiary/aromatic N) is 5.